The second-order valence-electron chi connectivity index (χ2n) is 8.83. The molecule has 0 atom stereocenters. The normalized spacial score (nSPS) is 16.4. The molecule has 1 saturated carbocycles. The van der Waals surface area contributed by atoms with Gasteiger partial charge in [0, 0.05) is 25.0 Å². The van der Waals surface area contributed by atoms with E-state index in [-0.39, 0.29) is 11.3 Å². The van der Waals surface area contributed by atoms with Gasteiger partial charge in [-0.1, -0.05) is 6.07 Å². The van der Waals surface area contributed by atoms with Gasteiger partial charge in [-0.25, -0.2) is 23.7 Å². The van der Waals surface area contributed by atoms with E-state index in [4.69, 9.17) is 0 Å². The number of rotatable bonds is 5. The molecule has 4 aromatic rings. The van der Waals surface area contributed by atoms with Crippen LogP contribution in [0.3, 0.4) is 0 Å². The molecule has 1 aliphatic heterocycles. The number of halogens is 1. The van der Waals surface area contributed by atoms with Crippen LogP contribution < -0.4 is 16.2 Å². The highest BCUT2D eigenvalue weighted by Crippen LogP contribution is 2.45. The topological polar surface area (TPSA) is 110 Å². The van der Waals surface area contributed by atoms with Gasteiger partial charge in [0.2, 0.25) is 5.95 Å². The van der Waals surface area contributed by atoms with Crippen molar-refractivity contribution in [3.63, 3.8) is 0 Å². The first-order chi connectivity index (χ1) is 16.5. The Morgan fingerprint density at radius 1 is 1.21 bits per heavy atom. The summed E-state index contributed by atoms with van der Waals surface area (Å²) in [5.74, 6) is 0.0843. The minimum Gasteiger partial charge on any atom is -0.383 e. The monoisotopic (exact) mass is 461 g/mol. The Bertz CT molecular complexity index is 1490. The largest absolute Gasteiger partial charge is 0.383 e. The lowest BCUT2D eigenvalue weighted by molar-refractivity contribution is 0.141. The number of pyridine rings is 1. The van der Waals surface area contributed by atoms with Crippen LogP contribution in [-0.4, -0.2) is 36.0 Å². The number of anilines is 2. The smallest absolute Gasteiger partial charge is 0.278 e. The number of hydrogen-bond donors (Lipinski definition) is 3. The third kappa shape index (κ3) is 3.37. The molecule has 1 aliphatic carbocycles. The predicted molar refractivity (Wildman–Crippen MR) is 125 cm³/mol. The number of aliphatic hydroxyl groups is 1. The Kier molecular flexibility index (Phi) is 4.75. The van der Waals surface area contributed by atoms with Crippen LogP contribution in [0.2, 0.25) is 0 Å². The number of nitrogens with zero attached hydrogens (tertiary/aromatic N) is 5. The van der Waals surface area contributed by atoms with E-state index in [2.05, 4.69) is 37.7 Å². The van der Waals surface area contributed by atoms with Gasteiger partial charge in [-0.2, -0.15) is 4.98 Å². The Hall–Kier alpha value is -3.63. The quantitative estimate of drug-likeness (QED) is 0.419. The number of hydrogen-bond acceptors (Lipinski definition) is 7. The highest BCUT2D eigenvalue weighted by Gasteiger charge is 2.46. The molecule has 9 nitrogen and oxygen atoms in total. The third-order valence-electron chi connectivity index (χ3n) is 6.54. The van der Waals surface area contributed by atoms with E-state index in [1.807, 2.05) is 13.0 Å². The van der Waals surface area contributed by atoms with Gasteiger partial charge in [0.1, 0.15) is 22.5 Å². The fraction of sp³-hybridized carbons (Fsp3) is 0.333. The van der Waals surface area contributed by atoms with Crippen LogP contribution in [0, 0.1) is 5.82 Å². The van der Waals surface area contributed by atoms with E-state index in [0.717, 1.165) is 25.2 Å². The molecule has 2 aliphatic rings. The number of fused-ring (bicyclic) bond motifs is 2. The molecule has 0 amide bonds. The molecule has 3 N–H and O–H groups in total. The van der Waals surface area contributed by atoms with Crippen molar-refractivity contribution in [2.75, 3.05) is 11.9 Å². The van der Waals surface area contributed by atoms with E-state index in [1.165, 1.54) is 34.1 Å². The van der Waals surface area contributed by atoms with Crippen molar-refractivity contribution in [2.45, 2.75) is 44.9 Å². The molecule has 0 radical (unpaired) electrons. The van der Waals surface area contributed by atoms with Crippen molar-refractivity contribution in [2.24, 2.45) is 0 Å². The molecular formula is C24H24FN7O2. The SMILES string of the molecule is CCn1c(=O)c2cnc(Nc3ccc4c(c3)CNCC4)nc2n1-c1ccc(F)c(C2(O)CC2)n1. The summed E-state index contributed by atoms with van der Waals surface area (Å²) in [5, 5.41) is 17.4. The standard InChI is InChI=1S/C24H24FN7O2/c1-2-31-22(33)17-13-27-23(28-16-4-3-14-7-10-26-12-15(14)11-16)30-21(17)32(31)19-6-5-18(25)20(29-19)24(34)8-9-24/h3-6,11,13,26,34H,2,7-10,12H2,1H3,(H,27,28,30). The van der Waals surface area contributed by atoms with Gasteiger partial charge < -0.3 is 15.7 Å². The zero-order chi connectivity index (χ0) is 23.4. The number of nitrogens with one attached hydrogen (secondary N) is 2. The van der Waals surface area contributed by atoms with E-state index in [1.54, 1.807) is 4.68 Å². The van der Waals surface area contributed by atoms with E-state index in [9.17, 15) is 14.3 Å². The van der Waals surface area contributed by atoms with Crippen LogP contribution in [0.1, 0.15) is 36.6 Å². The summed E-state index contributed by atoms with van der Waals surface area (Å²) in [5.41, 5.74) is 2.25. The summed E-state index contributed by atoms with van der Waals surface area (Å²) < 4.78 is 17.5. The second kappa shape index (κ2) is 7.71. The fourth-order valence-electron chi connectivity index (χ4n) is 4.53. The average molecular weight is 462 g/mol. The molecule has 0 spiro atoms. The molecule has 1 aromatic carbocycles. The van der Waals surface area contributed by atoms with Crippen LogP contribution in [0.5, 0.6) is 0 Å². The Morgan fingerprint density at radius 3 is 2.85 bits per heavy atom. The molecule has 0 bridgehead atoms. The van der Waals surface area contributed by atoms with E-state index >= 15 is 0 Å². The maximum absolute atomic E-state index is 14.4. The molecule has 0 unspecified atom stereocenters. The highest BCUT2D eigenvalue weighted by molar-refractivity contribution is 5.77. The lowest BCUT2D eigenvalue weighted by Gasteiger charge is -2.18. The first-order valence-corrected chi connectivity index (χ1v) is 11.4. The van der Waals surface area contributed by atoms with Crippen molar-refractivity contribution in [3.8, 4) is 5.82 Å². The van der Waals surface area contributed by atoms with Crippen LogP contribution in [-0.2, 0) is 25.1 Å². The van der Waals surface area contributed by atoms with Crippen molar-refractivity contribution in [1.82, 2.24) is 29.6 Å². The molecule has 174 valence electrons. The lowest BCUT2D eigenvalue weighted by Crippen LogP contribution is -2.23. The zero-order valence-electron chi connectivity index (χ0n) is 18.7. The summed E-state index contributed by atoms with van der Waals surface area (Å²) in [6.45, 7) is 3.98. The van der Waals surface area contributed by atoms with Crippen LogP contribution in [0.15, 0.2) is 41.3 Å². The first-order valence-electron chi connectivity index (χ1n) is 11.4. The van der Waals surface area contributed by atoms with Crippen molar-refractivity contribution in [3.05, 3.63) is 69.5 Å². The van der Waals surface area contributed by atoms with Gasteiger partial charge in [-0.05, 0) is 68.1 Å². The van der Waals surface area contributed by atoms with Crippen LogP contribution in [0.4, 0.5) is 16.0 Å². The van der Waals surface area contributed by atoms with Crippen molar-refractivity contribution >= 4 is 22.7 Å². The number of benzene rings is 1. The van der Waals surface area contributed by atoms with Gasteiger partial charge in [0.15, 0.2) is 11.5 Å². The molecule has 10 heteroatoms. The van der Waals surface area contributed by atoms with Crippen LogP contribution >= 0.6 is 0 Å². The maximum Gasteiger partial charge on any atom is 0.278 e. The third-order valence-corrected chi connectivity index (χ3v) is 6.54. The Balaban J connectivity index is 1.45. The van der Waals surface area contributed by atoms with E-state index in [0.29, 0.717) is 42.2 Å². The van der Waals surface area contributed by atoms with Crippen LogP contribution in [0.25, 0.3) is 16.9 Å². The lowest BCUT2D eigenvalue weighted by atomic mass is 10.0. The van der Waals surface area contributed by atoms with E-state index < -0.39 is 11.4 Å². The summed E-state index contributed by atoms with van der Waals surface area (Å²) in [6, 6.07) is 8.93. The minimum absolute atomic E-state index is 0.00275. The average Bonchev–Trinajstić information content (AvgIpc) is 3.54. The minimum atomic E-state index is -1.25. The van der Waals surface area contributed by atoms with Gasteiger partial charge in [0.25, 0.3) is 5.56 Å². The summed E-state index contributed by atoms with van der Waals surface area (Å²) >= 11 is 0. The van der Waals surface area contributed by atoms with Gasteiger partial charge in [-0.3, -0.25) is 4.79 Å². The fourth-order valence-corrected chi connectivity index (χ4v) is 4.53. The zero-order valence-corrected chi connectivity index (χ0v) is 18.7. The highest BCUT2D eigenvalue weighted by atomic mass is 19.1. The van der Waals surface area contributed by atoms with Crippen molar-refractivity contribution in [1.29, 1.82) is 0 Å². The molecule has 6 rings (SSSR count). The molecule has 1 fully saturated rings. The predicted octanol–water partition coefficient (Wildman–Crippen LogP) is 2.51. The summed E-state index contributed by atoms with van der Waals surface area (Å²) in [6.07, 6.45) is 3.41. The Morgan fingerprint density at radius 2 is 2.06 bits per heavy atom. The summed E-state index contributed by atoms with van der Waals surface area (Å²) in [7, 11) is 0. The number of aromatic nitrogens is 5. The molecule has 3 aromatic heterocycles. The molecule has 34 heavy (non-hydrogen) atoms. The van der Waals surface area contributed by atoms with Crippen molar-refractivity contribution < 1.29 is 9.50 Å². The second-order valence-corrected chi connectivity index (χ2v) is 8.83. The molecule has 0 saturated heterocycles. The summed E-state index contributed by atoms with van der Waals surface area (Å²) in [4.78, 5) is 26.4. The molecular weight excluding hydrogens is 437 g/mol. The van der Waals surface area contributed by atoms with Gasteiger partial charge in [0.05, 0.1) is 0 Å². The van der Waals surface area contributed by atoms with Gasteiger partial charge >= 0.3 is 0 Å². The molecule has 4 heterocycles. The first kappa shape index (κ1) is 20.9. The van der Waals surface area contributed by atoms with Gasteiger partial charge in [-0.15, -0.1) is 0 Å². The maximum atomic E-state index is 14.4. The Labute approximate surface area is 194 Å².